The highest BCUT2D eigenvalue weighted by Crippen LogP contribution is 2.46. The Morgan fingerprint density at radius 2 is 1.91 bits per heavy atom. The third-order valence-electron chi connectivity index (χ3n) is 4.18. The Balaban J connectivity index is 3.28. The summed E-state index contributed by atoms with van der Waals surface area (Å²) in [5.41, 5.74) is -2.38. The normalized spacial score (nSPS) is 24.6. The van der Waals surface area contributed by atoms with Crippen LogP contribution in [0.4, 0.5) is 4.79 Å². The van der Waals surface area contributed by atoms with Crippen LogP contribution in [0, 0.1) is 5.41 Å². The minimum atomic E-state index is -1.23. The van der Waals surface area contributed by atoms with Gasteiger partial charge in [-0.15, -0.1) is 0 Å². The molecule has 0 aliphatic carbocycles. The van der Waals surface area contributed by atoms with Gasteiger partial charge >= 0.3 is 12.1 Å². The topological polar surface area (TPSA) is 66.8 Å². The lowest BCUT2D eigenvalue weighted by Gasteiger charge is -2.52. The summed E-state index contributed by atoms with van der Waals surface area (Å²) in [4.78, 5) is 26.3. The Labute approximate surface area is 137 Å². The summed E-state index contributed by atoms with van der Waals surface area (Å²) in [7, 11) is 0. The summed E-state index contributed by atoms with van der Waals surface area (Å²) in [6.07, 6.45) is 0.912. The quantitative estimate of drug-likeness (QED) is 0.852. The van der Waals surface area contributed by atoms with Gasteiger partial charge in [0.2, 0.25) is 0 Å². The summed E-state index contributed by atoms with van der Waals surface area (Å²) in [5.74, 6) is 0.370. The van der Waals surface area contributed by atoms with Crippen molar-refractivity contribution in [1.82, 2.24) is 4.90 Å². The van der Waals surface area contributed by atoms with Crippen molar-refractivity contribution >= 4 is 23.8 Å². The van der Waals surface area contributed by atoms with E-state index in [0.717, 1.165) is 12.2 Å². The summed E-state index contributed by atoms with van der Waals surface area (Å²) >= 11 is 1.59. The van der Waals surface area contributed by atoms with Crippen LogP contribution in [-0.2, 0) is 9.53 Å². The number of carbonyl (C=O) groups is 2. The fourth-order valence-electron chi connectivity index (χ4n) is 2.84. The summed E-state index contributed by atoms with van der Waals surface area (Å²) < 4.78 is 5.49. The lowest BCUT2D eigenvalue weighted by atomic mass is 9.69. The Morgan fingerprint density at radius 3 is 2.32 bits per heavy atom. The number of thioether (sulfide) groups is 1. The standard InChI is InChI=1S/C16H29NO4S/c1-7-9-17(13(20)21-14(2,3)4)16(12(18)19)11-22-10-8-15(16,5)6/h7-11H2,1-6H3,(H,18,19). The fourth-order valence-corrected chi connectivity index (χ4v) is 4.60. The molecule has 0 aromatic rings. The van der Waals surface area contributed by atoms with E-state index in [1.54, 1.807) is 32.5 Å². The predicted molar refractivity (Wildman–Crippen MR) is 89.3 cm³/mol. The molecule has 0 aromatic carbocycles. The number of nitrogens with zero attached hydrogens (tertiary/aromatic N) is 1. The molecule has 1 aliphatic rings. The van der Waals surface area contributed by atoms with Crippen LogP contribution < -0.4 is 0 Å². The van der Waals surface area contributed by atoms with Crippen LogP contribution in [0.25, 0.3) is 0 Å². The second-order valence-electron chi connectivity index (χ2n) is 7.48. The zero-order chi connectivity index (χ0) is 17.2. The number of carboxylic acids is 1. The Hall–Kier alpha value is -0.910. The van der Waals surface area contributed by atoms with E-state index in [1.165, 1.54) is 4.90 Å². The van der Waals surface area contributed by atoms with Crippen LogP contribution in [0.15, 0.2) is 0 Å². The van der Waals surface area contributed by atoms with E-state index in [1.807, 2.05) is 20.8 Å². The van der Waals surface area contributed by atoms with Gasteiger partial charge in [0.05, 0.1) is 0 Å². The molecular weight excluding hydrogens is 302 g/mol. The van der Waals surface area contributed by atoms with E-state index in [2.05, 4.69) is 0 Å². The smallest absolute Gasteiger partial charge is 0.411 e. The Bertz CT molecular complexity index is 430. The third-order valence-corrected chi connectivity index (χ3v) is 5.29. The molecule has 1 fully saturated rings. The second-order valence-corrected chi connectivity index (χ2v) is 8.59. The first kappa shape index (κ1) is 19.1. The van der Waals surface area contributed by atoms with E-state index < -0.39 is 28.6 Å². The number of carbonyl (C=O) groups excluding carboxylic acids is 1. The largest absolute Gasteiger partial charge is 0.479 e. The molecule has 5 nitrogen and oxygen atoms in total. The summed E-state index contributed by atoms with van der Waals surface area (Å²) in [5, 5.41) is 10.0. The maximum absolute atomic E-state index is 12.7. The van der Waals surface area contributed by atoms with Gasteiger partial charge < -0.3 is 9.84 Å². The number of aliphatic carboxylic acids is 1. The Morgan fingerprint density at radius 1 is 1.32 bits per heavy atom. The average Bonchev–Trinajstić information content (AvgIpc) is 2.33. The summed E-state index contributed by atoms with van der Waals surface area (Å²) in [6.45, 7) is 11.6. The molecule has 1 atom stereocenters. The highest BCUT2D eigenvalue weighted by molar-refractivity contribution is 7.99. The first-order valence-electron chi connectivity index (χ1n) is 7.80. The highest BCUT2D eigenvalue weighted by atomic mass is 32.2. The van der Waals surface area contributed by atoms with Crippen molar-refractivity contribution in [2.45, 2.75) is 65.5 Å². The molecule has 6 heteroatoms. The molecule has 1 saturated heterocycles. The van der Waals surface area contributed by atoms with E-state index >= 15 is 0 Å². The van der Waals surface area contributed by atoms with Crippen LogP contribution >= 0.6 is 11.8 Å². The molecule has 0 aromatic heterocycles. The lowest BCUT2D eigenvalue weighted by molar-refractivity contribution is -0.158. The van der Waals surface area contributed by atoms with Crippen molar-refractivity contribution < 1.29 is 19.4 Å². The lowest BCUT2D eigenvalue weighted by Crippen LogP contribution is -2.68. The van der Waals surface area contributed by atoms with Crippen molar-refractivity contribution in [3.05, 3.63) is 0 Å². The molecule has 0 bridgehead atoms. The van der Waals surface area contributed by atoms with Gasteiger partial charge in [0.15, 0.2) is 5.54 Å². The van der Waals surface area contributed by atoms with Crippen LogP contribution in [0.3, 0.4) is 0 Å². The maximum Gasteiger partial charge on any atom is 0.411 e. The van der Waals surface area contributed by atoms with Crippen LogP contribution in [0.2, 0.25) is 0 Å². The van der Waals surface area contributed by atoms with Crippen molar-refractivity contribution in [2.24, 2.45) is 5.41 Å². The van der Waals surface area contributed by atoms with Gasteiger partial charge in [0, 0.05) is 17.7 Å². The average molecular weight is 331 g/mol. The minimum absolute atomic E-state index is 0.380. The molecular formula is C16H29NO4S. The minimum Gasteiger partial charge on any atom is -0.479 e. The Kier molecular flexibility index (Phi) is 5.82. The van der Waals surface area contributed by atoms with Gasteiger partial charge in [-0.05, 0) is 39.4 Å². The zero-order valence-electron chi connectivity index (χ0n) is 14.6. The molecule has 1 heterocycles. The zero-order valence-corrected chi connectivity index (χ0v) is 15.4. The number of rotatable bonds is 4. The monoisotopic (exact) mass is 331 g/mol. The van der Waals surface area contributed by atoms with E-state index in [0.29, 0.717) is 18.7 Å². The van der Waals surface area contributed by atoms with Gasteiger partial charge in [-0.3, -0.25) is 4.90 Å². The van der Waals surface area contributed by atoms with Crippen LogP contribution in [-0.4, -0.2) is 51.3 Å². The predicted octanol–water partition coefficient (Wildman–Crippen LogP) is 3.62. The molecule has 22 heavy (non-hydrogen) atoms. The van der Waals surface area contributed by atoms with Crippen molar-refractivity contribution in [1.29, 1.82) is 0 Å². The van der Waals surface area contributed by atoms with Gasteiger partial charge in [-0.25, -0.2) is 9.59 Å². The van der Waals surface area contributed by atoms with Gasteiger partial charge in [-0.2, -0.15) is 11.8 Å². The maximum atomic E-state index is 12.7. The van der Waals surface area contributed by atoms with Crippen LogP contribution in [0.5, 0.6) is 0 Å². The molecule has 1 N–H and O–H groups in total. The first-order valence-corrected chi connectivity index (χ1v) is 8.95. The third kappa shape index (κ3) is 3.70. The summed E-state index contributed by atoms with van der Waals surface area (Å²) in [6, 6.07) is 0. The number of hydrogen-bond donors (Lipinski definition) is 1. The molecule has 1 amide bonds. The molecule has 0 spiro atoms. The fraction of sp³-hybridized carbons (Fsp3) is 0.875. The van der Waals surface area contributed by atoms with Gasteiger partial charge in [-0.1, -0.05) is 20.8 Å². The highest BCUT2D eigenvalue weighted by Gasteiger charge is 2.59. The van der Waals surface area contributed by atoms with Crippen LogP contribution in [0.1, 0.15) is 54.4 Å². The molecule has 0 saturated carbocycles. The SMILES string of the molecule is CCCN(C(=O)OC(C)(C)C)C1(C(=O)O)CSCCC1(C)C. The van der Waals surface area contributed by atoms with Crippen molar-refractivity contribution in [2.75, 3.05) is 18.1 Å². The number of hydrogen-bond acceptors (Lipinski definition) is 4. The van der Waals surface area contributed by atoms with Gasteiger partial charge in [0.25, 0.3) is 0 Å². The number of amides is 1. The van der Waals surface area contributed by atoms with E-state index in [-0.39, 0.29) is 0 Å². The van der Waals surface area contributed by atoms with Crippen molar-refractivity contribution in [3.63, 3.8) is 0 Å². The number of carboxylic acid groups (broad SMARTS) is 1. The first-order chi connectivity index (χ1) is 9.98. The number of ether oxygens (including phenoxy) is 1. The molecule has 1 rings (SSSR count). The molecule has 1 unspecified atom stereocenters. The molecule has 128 valence electrons. The molecule has 0 radical (unpaired) electrons. The molecule has 1 aliphatic heterocycles. The van der Waals surface area contributed by atoms with Crippen molar-refractivity contribution in [3.8, 4) is 0 Å². The van der Waals surface area contributed by atoms with Gasteiger partial charge in [0.1, 0.15) is 5.60 Å². The van der Waals surface area contributed by atoms with E-state index in [9.17, 15) is 14.7 Å². The van der Waals surface area contributed by atoms with E-state index in [4.69, 9.17) is 4.74 Å². The second kappa shape index (κ2) is 6.69.